The van der Waals surface area contributed by atoms with Crippen LogP contribution in [0.1, 0.15) is 33.1 Å². The fourth-order valence-corrected chi connectivity index (χ4v) is 3.72. The van der Waals surface area contributed by atoms with E-state index in [1.165, 1.54) is 17.0 Å². The molecule has 0 unspecified atom stereocenters. The number of anilines is 1. The Morgan fingerprint density at radius 1 is 1.07 bits per heavy atom. The van der Waals surface area contributed by atoms with Gasteiger partial charge in [0.25, 0.3) is 5.91 Å². The van der Waals surface area contributed by atoms with Crippen molar-refractivity contribution in [2.24, 2.45) is 0 Å². The highest BCUT2D eigenvalue weighted by molar-refractivity contribution is 6.01. The van der Waals surface area contributed by atoms with Crippen molar-refractivity contribution in [1.82, 2.24) is 4.90 Å². The molecule has 1 atom stereocenters. The number of benzene rings is 3. The summed E-state index contributed by atoms with van der Waals surface area (Å²) in [7, 11) is 1.56. The van der Waals surface area contributed by atoms with E-state index in [1.807, 2.05) is 25.1 Å². The van der Waals surface area contributed by atoms with Gasteiger partial charge in [0.15, 0.2) is 0 Å². The third kappa shape index (κ3) is 3.76. The Hall–Kier alpha value is -3.67. The van der Waals surface area contributed by atoms with E-state index in [1.54, 1.807) is 43.5 Å². The maximum absolute atomic E-state index is 13.6. The number of rotatable bonds is 3. The van der Waals surface area contributed by atoms with Crippen LogP contribution in [0, 0.1) is 12.7 Å². The predicted molar refractivity (Wildman–Crippen MR) is 112 cm³/mol. The molecule has 0 aromatic heterocycles. The van der Waals surface area contributed by atoms with E-state index < -0.39 is 6.04 Å². The Morgan fingerprint density at radius 2 is 1.77 bits per heavy atom. The largest absolute Gasteiger partial charge is 0.497 e. The fraction of sp³-hybridized carbons (Fsp3) is 0.167. The van der Waals surface area contributed by atoms with Gasteiger partial charge in [-0.3, -0.25) is 9.59 Å². The Labute approximate surface area is 174 Å². The number of fused-ring (bicyclic) bond motifs is 1. The molecule has 0 aliphatic carbocycles. The minimum Gasteiger partial charge on any atom is -0.497 e. The number of ether oxygens (including phenoxy) is 1. The van der Waals surface area contributed by atoms with Crippen LogP contribution in [0.4, 0.5) is 10.1 Å². The predicted octanol–water partition coefficient (Wildman–Crippen LogP) is 4.33. The van der Waals surface area contributed by atoms with Gasteiger partial charge >= 0.3 is 0 Å². The Kier molecular flexibility index (Phi) is 5.23. The van der Waals surface area contributed by atoms with E-state index in [0.29, 0.717) is 17.0 Å². The zero-order valence-corrected chi connectivity index (χ0v) is 16.7. The normalized spacial score (nSPS) is 15.8. The van der Waals surface area contributed by atoms with Gasteiger partial charge in [-0.1, -0.05) is 29.8 Å². The van der Waals surface area contributed by atoms with Crippen molar-refractivity contribution in [2.45, 2.75) is 13.0 Å². The molecular formula is C24H21FN2O3. The second-order valence-electron chi connectivity index (χ2n) is 7.25. The molecule has 6 heteroatoms. The smallest absolute Gasteiger partial charge is 0.255 e. The molecule has 1 aliphatic rings. The van der Waals surface area contributed by atoms with Crippen LogP contribution >= 0.6 is 0 Å². The molecule has 0 saturated carbocycles. The summed E-state index contributed by atoms with van der Waals surface area (Å²) >= 11 is 0. The maximum Gasteiger partial charge on any atom is 0.255 e. The van der Waals surface area contributed by atoms with E-state index in [-0.39, 0.29) is 24.2 Å². The van der Waals surface area contributed by atoms with Crippen molar-refractivity contribution in [2.75, 3.05) is 19.0 Å². The molecule has 0 saturated heterocycles. The van der Waals surface area contributed by atoms with Crippen molar-refractivity contribution in [3.63, 3.8) is 0 Å². The number of methoxy groups -OCH3 is 1. The van der Waals surface area contributed by atoms with Crippen LogP contribution in [-0.4, -0.2) is 30.4 Å². The second kappa shape index (κ2) is 7.99. The summed E-state index contributed by atoms with van der Waals surface area (Å²) in [5.74, 6) is -0.307. The highest BCUT2D eigenvalue weighted by atomic mass is 19.1. The minimum atomic E-state index is -0.547. The summed E-state index contributed by atoms with van der Waals surface area (Å²) in [6.45, 7) is 1.82. The topological polar surface area (TPSA) is 58.6 Å². The minimum absolute atomic E-state index is 0.124. The number of nitrogens with zero attached hydrogens (tertiary/aromatic N) is 1. The average Bonchev–Trinajstić information content (AvgIpc) is 2.89. The molecule has 2 amide bonds. The number of amides is 2. The molecule has 0 spiro atoms. The quantitative estimate of drug-likeness (QED) is 0.707. The molecule has 1 N–H and O–H groups in total. The Bertz CT molecular complexity index is 1090. The van der Waals surface area contributed by atoms with E-state index in [0.717, 1.165) is 16.7 Å². The standard InChI is InChI=1S/C24H21FN2O3/c1-15-3-12-21-20(13-15)23(16-4-8-18(25)9-5-16)27(14-22(28)26-21)24(29)17-6-10-19(30-2)11-7-17/h3-13,23H,14H2,1-2H3,(H,26,28)/t23-/m1/s1. The summed E-state index contributed by atoms with van der Waals surface area (Å²) in [5.41, 5.74) is 3.58. The first kappa shape index (κ1) is 19.6. The van der Waals surface area contributed by atoms with Crippen LogP contribution in [0.25, 0.3) is 0 Å². The first-order chi connectivity index (χ1) is 14.5. The third-order valence-corrected chi connectivity index (χ3v) is 5.18. The summed E-state index contributed by atoms with van der Waals surface area (Å²) in [4.78, 5) is 27.6. The van der Waals surface area contributed by atoms with Gasteiger partial charge in [-0.15, -0.1) is 0 Å². The van der Waals surface area contributed by atoms with Crippen molar-refractivity contribution in [3.8, 4) is 5.75 Å². The molecule has 5 nitrogen and oxygen atoms in total. The monoisotopic (exact) mass is 404 g/mol. The number of halogens is 1. The van der Waals surface area contributed by atoms with Gasteiger partial charge < -0.3 is 15.0 Å². The summed E-state index contributed by atoms with van der Waals surface area (Å²) < 4.78 is 18.8. The first-order valence-electron chi connectivity index (χ1n) is 9.57. The lowest BCUT2D eigenvalue weighted by Crippen LogP contribution is -2.39. The van der Waals surface area contributed by atoms with Crippen LogP contribution in [-0.2, 0) is 4.79 Å². The molecule has 30 heavy (non-hydrogen) atoms. The zero-order valence-electron chi connectivity index (χ0n) is 16.7. The summed E-state index contributed by atoms with van der Waals surface area (Å²) in [6.07, 6.45) is 0. The molecule has 0 radical (unpaired) electrons. The van der Waals surface area contributed by atoms with Crippen molar-refractivity contribution in [3.05, 3.63) is 94.8 Å². The highest BCUT2D eigenvalue weighted by Crippen LogP contribution is 2.37. The van der Waals surface area contributed by atoms with Gasteiger partial charge in [0.2, 0.25) is 5.91 Å². The van der Waals surface area contributed by atoms with Crippen molar-refractivity contribution >= 4 is 17.5 Å². The van der Waals surface area contributed by atoms with Crippen molar-refractivity contribution < 1.29 is 18.7 Å². The van der Waals surface area contributed by atoms with Gasteiger partial charge in [0, 0.05) is 16.8 Å². The number of hydrogen-bond donors (Lipinski definition) is 1. The summed E-state index contributed by atoms with van der Waals surface area (Å²) in [5, 5.41) is 2.89. The molecule has 4 rings (SSSR count). The van der Waals surface area contributed by atoms with Crippen LogP contribution in [0.5, 0.6) is 5.75 Å². The lowest BCUT2D eigenvalue weighted by atomic mass is 9.94. The molecule has 1 heterocycles. The van der Waals surface area contributed by atoms with Crippen LogP contribution in [0.2, 0.25) is 0 Å². The number of hydrogen-bond acceptors (Lipinski definition) is 3. The molecule has 3 aromatic rings. The van der Waals surface area contributed by atoms with E-state index in [2.05, 4.69) is 5.32 Å². The van der Waals surface area contributed by atoms with Gasteiger partial charge in [0.05, 0.1) is 13.2 Å². The molecular weight excluding hydrogens is 383 g/mol. The number of carbonyl (C=O) groups excluding carboxylic acids is 2. The first-order valence-corrected chi connectivity index (χ1v) is 9.57. The SMILES string of the molecule is COc1ccc(C(=O)N2CC(=O)Nc3ccc(C)cc3[C@H]2c2ccc(F)cc2)cc1. The lowest BCUT2D eigenvalue weighted by Gasteiger charge is -2.31. The summed E-state index contributed by atoms with van der Waals surface area (Å²) in [6, 6.07) is 17.9. The number of nitrogens with one attached hydrogen (secondary N) is 1. The molecule has 0 bridgehead atoms. The lowest BCUT2D eigenvalue weighted by molar-refractivity contribution is -0.117. The highest BCUT2D eigenvalue weighted by Gasteiger charge is 2.34. The van der Waals surface area contributed by atoms with E-state index >= 15 is 0 Å². The van der Waals surface area contributed by atoms with Gasteiger partial charge in [-0.2, -0.15) is 0 Å². The average molecular weight is 404 g/mol. The molecule has 3 aromatic carbocycles. The molecule has 152 valence electrons. The molecule has 0 fully saturated rings. The Morgan fingerprint density at radius 3 is 2.43 bits per heavy atom. The van der Waals surface area contributed by atoms with Crippen LogP contribution in [0.3, 0.4) is 0 Å². The fourth-order valence-electron chi connectivity index (χ4n) is 3.72. The maximum atomic E-state index is 13.6. The van der Waals surface area contributed by atoms with Gasteiger partial charge in [-0.05, 0) is 55.0 Å². The van der Waals surface area contributed by atoms with Gasteiger partial charge in [-0.25, -0.2) is 4.39 Å². The van der Waals surface area contributed by atoms with Gasteiger partial charge in [0.1, 0.15) is 18.1 Å². The Balaban J connectivity index is 1.85. The second-order valence-corrected chi connectivity index (χ2v) is 7.25. The zero-order chi connectivity index (χ0) is 21.3. The van der Waals surface area contributed by atoms with Crippen LogP contribution in [0.15, 0.2) is 66.7 Å². The van der Waals surface area contributed by atoms with E-state index in [4.69, 9.17) is 4.74 Å². The van der Waals surface area contributed by atoms with E-state index in [9.17, 15) is 14.0 Å². The third-order valence-electron chi connectivity index (χ3n) is 5.18. The molecule has 1 aliphatic heterocycles. The number of carbonyl (C=O) groups is 2. The van der Waals surface area contributed by atoms with Crippen molar-refractivity contribution in [1.29, 1.82) is 0 Å². The van der Waals surface area contributed by atoms with Crippen LogP contribution < -0.4 is 10.1 Å². The number of aryl methyl sites for hydroxylation is 1.